The summed E-state index contributed by atoms with van der Waals surface area (Å²) >= 11 is 5.84. The van der Waals surface area contributed by atoms with E-state index >= 15 is 0 Å². The highest BCUT2D eigenvalue weighted by Crippen LogP contribution is 2.23. The van der Waals surface area contributed by atoms with Crippen LogP contribution in [0.5, 0.6) is 0 Å². The monoisotopic (exact) mass is 152 g/mol. The highest BCUT2D eigenvalue weighted by atomic mass is 35.5. The van der Waals surface area contributed by atoms with E-state index in [0.29, 0.717) is 0 Å². The van der Waals surface area contributed by atoms with E-state index in [2.05, 4.69) is 0 Å². The molecule has 50 valence electrons. The van der Waals surface area contributed by atoms with E-state index in [1.807, 2.05) is 18.2 Å². The SMILES string of the molecule is Clc1cccc2cocc12. The fourth-order valence-electron chi connectivity index (χ4n) is 0.956. The van der Waals surface area contributed by atoms with Crippen LogP contribution in [0.4, 0.5) is 0 Å². The van der Waals surface area contributed by atoms with Gasteiger partial charge in [-0.25, -0.2) is 0 Å². The predicted molar refractivity (Wildman–Crippen MR) is 41.2 cm³/mol. The minimum absolute atomic E-state index is 0.742. The second-order valence-corrected chi connectivity index (χ2v) is 2.52. The van der Waals surface area contributed by atoms with Crippen LogP contribution in [0.3, 0.4) is 0 Å². The smallest absolute Gasteiger partial charge is 0.0996 e. The molecule has 2 heteroatoms. The Hall–Kier alpha value is -0.950. The Morgan fingerprint density at radius 2 is 2.10 bits per heavy atom. The molecule has 0 aliphatic rings. The molecular formula is C8H5ClO. The van der Waals surface area contributed by atoms with E-state index < -0.39 is 0 Å². The molecule has 0 unspecified atom stereocenters. The molecule has 1 heterocycles. The van der Waals surface area contributed by atoms with Crippen LogP contribution in [0.25, 0.3) is 10.8 Å². The largest absolute Gasteiger partial charge is 0.471 e. The summed E-state index contributed by atoms with van der Waals surface area (Å²) in [7, 11) is 0. The Bertz CT molecular complexity index is 351. The highest BCUT2D eigenvalue weighted by molar-refractivity contribution is 6.35. The molecule has 0 bridgehead atoms. The summed E-state index contributed by atoms with van der Waals surface area (Å²) in [4.78, 5) is 0. The van der Waals surface area contributed by atoms with Crippen molar-refractivity contribution in [3.05, 3.63) is 35.7 Å². The third kappa shape index (κ3) is 0.711. The summed E-state index contributed by atoms with van der Waals surface area (Å²) in [6, 6.07) is 5.71. The van der Waals surface area contributed by atoms with Crippen molar-refractivity contribution < 1.29 is 4.42 Å². The summed E-state index contributed by atoms with van der Waals surface area (Å²) < 4.78 is 4.96. The van der Waals surface area contributed by atoms with Gasteiger partial charge in [0.15, 0.2) is 0 Å². The van der Waals surface area contributed by atoms with Gasteiger partial charge in [-0.1, -0.05) is 23.7 Å². The zero-order chi connectivity index (χ0) is 6.97. The fourth-order valence-corrected chi connectivity index (χ4v) is 1.18. The standard InChI is InChI=1S/C8H5ClO/c9-8-3-1-2-6-4-10-5-7(6)8/h1-5H. The maximum absolute atomic E-state index is 5.84. The minimum atomic E-state index is 0.742. The van der Waals surface area contributed by atoms with Gasteiger partial charge in [0.1, 0.15) is 0 Å². The summed E-state index contributed by atoms with van der Waals surface area (Å²) in [5, 5.41) is 2.77. The van der Waals surface area contributed by atoms with Crippen LogP contribution < -0.4 is 0 Å². The molecule has 0 atom stereocenters. The predicted octanol–water partition coefficient (Wildman–Crippen LogP) is 3.09. The average Bonchev–Trinajstić information content (AvgIpc) is 2.36. The van der Waals surface area contributed by atoms with Gasteiger partial charge in [-0.05, 0) is 6.07 Å². The van der Waals surface area contributed by atoms with Crippen LogP contribution in [-0.4, -0.2) is 0 Å². The molecule has 0 radical (unpaired) electrons. The van der Waals surface area contributed by atoms with Gasteiger partial charge in [-0.2, -0.15) is 0 Å². The third-order valence-corrected chi connectivity index (χ3v) is 1.80. The molecule has 0 fully saturated rings. The van der Waals surface area contributed by atoms with Gasteiger partial charge in [-0.3, -0.25) is 0 Å². The number of hydrogen-bond acceptors (Lipinski definition) is 1. The van der Waals surface area contributed by atoms with Crippen LogP contribution >= 0.6 is 11.6 Å². The van der Waals surface area contributed by atoms with Crippen LogP contribution in [0.15, 0.2) is 35.1 Å². The lowest BCUT2D eigenvalue weighted by molar-refractivity contribution is 0.572. The molecule has 10 heavy (non-hydrogen) atoms. The molecule has 1 nitrogen and oxygen atoms in total. The molecule has 1 aromatic carbocycles. The minimum Gasteiger partial charge on any atom is -0.471 e. The summed E-state index contributed by atoms with van der Waals surface area (Å²) in [6.45, 7) is 0. The van der Waals surface area contributed by atoms with Gasteiger partial charge in [0.2, 0.25) is 0 Å². The van der Waals surface area contributed by atoms with E-state index in [-0.39, 0.29) is 0 Å². The van der Waals surface area contributed by atoms with Crippen molar-refractivity contribution in [2.24, 2.45) is 0 Å². The van der Waals surface area contributed by atoms with Crippen LogP contribution in [0, 0.1) is 0 Å². The van der Waals surface area contributed by atoms with E-state index in [0.717, 1.165) is 15.8 Å². The molecule has 0 spiro atoms. The Labute approximate surface area is 63.2 Å². The Morgan fingerprint density at radius 3 is 2.90 bits per heavy atom. The number of halogens is 1. The van der Waals surface area contributed by atoms with Crippen molar-refractivity contribution in [1.82, 2.24) is 0 Å². The van der Waals surface area contributed by atoms with Gasteiger partial charge in [0.05, 0.1) is 17.5 Å². The second-order valence-electron chi connectivity index (χ2n) is 2.11. The average molecular weight is 153 g/mol. The van der Waals surface area contributed by atoms with Crippen molar-refractivity contribution in [3.63, 3.8) is 0 Å². The Balaban J connectivity index is 2.95. The molecule has 0 amide bonds. The van der Waals surface area contributed by atoms with Gasteiger partial charge in [0.25, 0.3) is 0 Å². The van der Waals surface area contributed by atoms with E-state index in [9.17, 15) is 0 Å². The molecule has 1 aromatic heterocycles. The van der Waals surface area contributed by atoms with Crippen LogP contribution in [0.1, 0.15) is 0 Å². The second kappa shape index (κ2) is 2.03. The fraction of sp³-hybridized carbons (Fsp3) is 0. The topological polar surface area (TPSA) is 13.1 Å². The van der Waals surface area contributed by atoms with Crippen LogP contribution in [-0.2, 0) is 0 Å². The molecule has 0 N–H and O–H groups in total. The number of benzene rings is 1. The highest BCUT2D eigenvalue weighted by Gasteiger charge is 1.97. The maximum atomic E-state index is 5.84. The zero-order valence-electron chi connectivity index (χ0n) is 5.17. The first-order chi connectivity index (χ1) is 4.88. The van der Waals surface area contributed by atoms with Crippen molar-refractivity contribution in [1.29, 1.82) is 0 Å². The van der Waals surface area contributed by atoms with Crippen molar-refractivity contribution in [2.75, 3.05) is 0 Å². The molecule has 2 rings (SSSR count). The number of furan rings is 1. The molecule has 0 aliphatic heterocycles. The molecule has 2 aromatic rings. The number of rotatable bonds is 0. The van der Waals surface area contributed by atoms with Crippen LogP contribution in [0.2, 0.25) is 5.02 Å². The van der Waals surface area contributed by atoms with Gasteiger partial charge in [-0.15, -0.1) is 0 Å². The van der Waals surface area contributed by atoms with E-state index in [1.54, 1.807) is 12.5 Å². The maximum Gasteiger partial charge on any atom is 0.0996 e. The lowest BCUT2D eigenvalue weighted by Crippen LogP contribution is -1.63. The summed E-state index contributed by atoms with van der Waals surface area (Å²) in [6.07, 6.45) is 3.33. The third-order valence-electron chi connectivity index (χ3n) is 1.47. The number of fused-ring (bicyclic) bond motifs is 1. The van der Waals surface area contributed by atoms with Gasteiger partial charge < -0.3 is 4.42 Å². The molecular weight excluding hydrogens is 148 g/mol. The van der Waals surface area contributed by atoms with Gasteiger partial charge in [0, 0.05) is 10.8 Å². The summed E-state index contributed by atoms with van der Waals surface area (Å²) in [5.74, 6) is 0. The first-order valence-corrected chi connectivity index (χ1v) is 3.36. The van der Waals surface area contributed by atoms with Gasteiger partial charge >= 0.3 is 0 Å². The van der Waals surface area contributed by atoms with E-state index in [4.69, 9.17) is 16.0 Å². The first kappa shape index (κ1) is 5.81. The lowest BCUT2D eigenvalue weighted by atomic mass is 10.2. The van der Waals surface area contributed by atoms with Crippen molar-refractivity contribution >= 4 is 22.4 Å². The van der Waals surface area contributed by atoms with E-state index in [1.165, 1.54) is 0 Å². The number of hydrogen-bond donors (Lipinski definition) is 0. The quantitative estimate of drug-likeness (QED) is 0.566. The summed E-state index contributed by atoms with van der Waals surface area (Å²) in [5.41, 5.74) is 0. The molecule has 0 saturated heterocycles. The molecule has 0 saturated carbocycles. The molecule has 0 aliphatic carbocycles. The normalized spacial score (nSPS) is 10.5. The Kier molecular flexibility index (Phi) is 1.18. The lowest BCUT2D eigenvalue weighted by Gasteiger charge is -1.87. The first-order valence-electron chi connectivity index (χ1n) is 2.98. The Morgan fingerprint density at radius 1 is 1.20 bits per heavy atom. The van der Waals surface area contributed by atoms with Crippen molar-refractivity contribution in [2.45, 2.75) is 0 Å². The van der Waals surface area contributed by atoms with Crippen molar-refractivity contribution in [3.8, 4) is 0 Å². The zero-order valence-corrected chi connectivity index (χ0v) is 5.93.